The molecule has 8 nitrogen and oxygen atoms in total. The Bertz CT molecular complexity index is 1370. The molecule has 5 rings (SSSR count). The number of aryl methyl sites for hydroxylation is 1. The summed E-state index contributed by atoms with van der Waals surface area (Å²) in [7, 11) is -3.45. The SMILES string of the molecule is Cc1cccc(CN2CCN(C3CN(Cc4cn(Cc5cccc(C(F)(F)F)c5)nn4)S(=O)(=O)C3)CC2)c1. The summed E-state index contributed by atoms with van der Waals surface area (Å²) in [6, 6.07) is 13.5. The van der Waals surface area contributed by atoms with Gasteiger partial charge >= 0.3 is 6.18 Å². The van der Waals surface area contributed by atoms with Crippen molar-refractivity contribution in [2.24, 2.45) is 0 Å². The van der Waals surface area contributed by atoms with Crippen molar-refractivity contribution in [1.29, 1.82) is 0 Å². The zero-order valence-corrected chi connectivity index (χ0v) is 22.0. The van der Waals surface area contributed by atoms with E-state index in [0.29, 0.717) is 17.8 Å². The second-order valence-corrected chi connectivity index (χ2v) is 12.1. The molecule has 0 radical (unpaired) electrons. The van der Waals surface area contributed by atoms with Gasteiger partial charge in [0.1, 0.15) is 0 Å². The molecule has 2 aliphatic rings. The van der Waals surface area contributed by atoms with Gasteiger partial charge in [-0.2, -0.15) is 17.5 Å². The molecule has 0 saturated carbocycles. The van der Waals surface area contributed by atoms with Crippen molar-refractivity contribution in [1.82, 2.24) is 29.1 Å². The van der Waals surface area contributed by atoms with Gasteiger partial charge in [-0.05, 0) is 30.2 Å². The number of sulfonamides is 1. The Morgan fingerprint density at radius 3 is 2.37 bits per heavy atom. The van der Waals surface area contributed by atoms with Gasteiger partial charge in [0, 0.05) is 45.3 Å². The maximum absolute atomic E-state index is 13.0. The summed E-state index contributed by atoms with van der Waals surface area (Å²) < 4.78 is 67.7. The third-order valence-corrected chi connectivity index (χ3v) is 9.02. The van der Waals surface area contributed by atoms with Crippen LogP contribution >= 0.6 is 0 Å². The quantitative estimate of drug-likeness (QED) is 0.452. The van der Waals surface area contributed by atoms with Crippen molar-refractivity contribution in [3.8, 4) is 0 Å². The van der Waals surface area contributed by atoms with Crippen LogP contribution < -0.4 is 0 Å². The lowest BCUT2D eigenvalue weighted by atomic mass is 10.1. The lowest BCUT2D eigenvalue weighted by Gasteiger charge is -2.37. The van der Waals surface area contributed by atoms with E-state index in [0.717, 1.165) is 44.9 Å². The molecule has 2 saturated heterocycles. The van der Waals surface area contributed by atoms with Crippen molar-refractivity contribution in [3.63, 3.8) is 0 Å². The van der Waals surface area contributed by atoms with Gasteiger partial charge < -0.3 is 0 Å². The molecular formula is C26H31F3N6O2S. The second kappa shape index (κ2) is 10.8. The number of rotatable bonds is 7. The first-order chi connectivity index (χ1) is 18.0. The molecule has 1 atom stereocenters. The molecule has 3 heterocycles. The molecule has 204 valence electrons. The van der Waals surface area contributed by atoms with Crippen LogP contribution in [-0.2, 0) is 35.8 Å². The molecule has 0 bridgehead atoms. The van der Waals surface area contributed by atoms with Gasteiger partial charge in [-0.25, -0.2) is 13.1 Å². The van der Waals surface area contributed by atoms with E-state index in [9.17, 15) is 21.6 Å². The van der Waals surface area contributed by atoms with Gasteiger partial charge in [-0.15, -0.1) is 5.10 Å². The molecular weight excluding hydrogens is 517 g/mol. The van der Waals surface area contributed by atoms with Gasteiger partial charge in [-0.1, -0.05) is 47.2 Å². The Kier molecular flexibility index (Phi) is 7.58. The molecule has 2 aliphatic heterocycles. The zero-order chi connectivity index (χ0) is 26.9. The standard InChI is InChI=1S/C26H31F3N6O2S/c1-20-4-2-5-21(12-20)14-32-8-10-33(11-9-32)25-18-35(38(36,37)19-25)17-24-16-34(31-30-24)15-22-6-3-7-23(13-22)26(27,28)29/h2-7,12-13,16,25H,8-11,14-15,17-19H2,1H3. The van der Waals surface area contributed by atoms with E-state index >= 15 is 0 Å². The van der Waals surface area contributed by atoms with E-state index in [-0.39, 0.29) is 24.9 Å². The Balaban J connectivity index is 1.15. The Morgan fingerprint density at radius 1 is 0.947 bits per heavy atom. The van der Waals surface area contributed by atoms with Crippen LogP contribution in [0.1, 0.15) is 27.9 Å². The fourth-order valence-corrected chi connectivity index (χ4v) is 6.93. The molecule has 0 amide bonds. The first-order valence-corrected chi connectivity index (χ1v) is 14.2. The predicted octanol–water partition coefficient (Wildman–Crippen LogP) is 2.99. The molecule has 3 aromatic rings. The largest absolute Gasteiger partial charge is 0.416 e. The van der Waals surface area contributed by atoms with E-state index in [4.69, 9.17) is 0 Å². The first kappa shape index (κ1) is 26.8. The number of alkyl halides is 3. The van der Waals surface area contributed by atoms with Crippen molar-refractivity contribution in [2.75, 3.05) is 38.5 Å². The minimum absolute atomic E-state index is 0.0727. The summed E-state index contributed by atoms with van der Waals surface area (Å²) in [4.78, 5) is 4.66. The Morgan fingerprint density at radius 2 is 1.66 bits per heavy atom. The highest BCUT2D eigenvalue weighted by atomic mass is 32.2. The molecule has 12 heteroatoms. The summed E-state index contributed by atoms with van der Waals surface area (Å²) in [6.07, 6.45) is -2.83. The fourth-order valence-electron chi connectivity index (χ4n) is 5.19. The first-order valence-electron chi connectivity index (χ1n) is 12.6. The minimum Gasteiger partial charge on any atom is -0.297 e. The molecule has 0 aliphatic carbocycles. The highest BCUT2D eigenvalue weighted by Gasteiger charge is 2.40. The highest BCUT2D eigenvalue weighted by Crippen LogP contribution is 2.29. The molecule has 0 N–H and O–H groups in total. The number of nitrogens with zero attached hydrogens (tertiary/aromatic N) is 6. The number of benzene rings is 2. The van der Waals surface area contributed by atoms with E-state index < -0.39 is 21.8 Å². The van der Waals surface area contributed by atoms with E-state index in [1.807, 2.05) is 0 Å². The monoisotopic (exact) mass is 548 g/mol. The normalized spacial score (nSPS) is 21.2. The zero-order valence-electron chi connectivity index (χ0n) is 21.2. The second-order valence-electron chi connectivity index (χ2n) is 10.1. The third kappa shape index (κ3) is 6.42. The van der Waals surface area contributed by atoms with Gasteiger partial charge in [-0.3, -0.25) is 9.80 Å². The van der Waals surface area contributed by atoms with E-state index in [1.165, 1.54) is 26.2 Å². The van der Waals surface area contributed by atoms with Gasteiger partial charge in [0.05, 0.1) is 36.3 Å². The van der Waals surface area contributed by atoms with Crippen molar-refractivity contribution < 1.29 is 21.6 Å². The molecule has 38 heavy (non-hydrogen) atoms. The third-order valence-electron chi connectivity index (χ3n) is 7.15. The van der Waals surface area contributed by atoms with Crippen LogP contribution in [0.2, 0.25) is 0 Å². The van der Waals surface area contributed by atoms with Crippen molar-refractivity contribution >= 4 is 10.0 Å². The van der Waals surface area contributed by atoms with Crippen LogP contribution in [-0.4, -0.2) is 82.0 Å². The number of aromatic nitrogens is 3. The van der Waals surface area contributed by atoms with Crippen LogP contribution in [0.25, 0.3) is 0 Å². The summed E-state index contributed by atoms with van der Waals surface area (Å²) in [6.45, 7) is 6.96. The molecule has 1 unspecified atom stereocenters. The smallest absolute Gasteiger partial charge is 0.297 e. The molecule has 2 aromatic carbocycles. The average Bonchev–Trinajstić information content (AvgIpc) is 3.42. The van der Waals surface area contributed by atoms with Crippen LogP contribution in [0.3, 0.4) is 0 Å². The number of hydrogen-bond acceptors (Lipinski definition) is 6. The van der Waals surface area contributed by atoms with E-state index in [1.54, 1.807) is 12.3 Å². The van der Waals surface area contributed by atoms with Gasteiger partial charge in [0.2, 0.25) is 10.0 Å². The molecule has 2 fully saturated rings. The lowest BCUT2D eigenvalue weighted by molar-refractivity contribution is -0.137. The van der Waals surface area contributed by atoms with Gasteiger partial charge in [0.25, 0.3) is 0 Å². The summed E-state index contributed by atoms with van der Waals surface area (Å²) in [5.41, 5.74) is 2.71. The summed E-state index contributed by atoms with van der Waals surface area (Å²) in [5, 5.41) is 8.07. The van der Waals surface area contributed by atoms with Crippen LogP contribution in [0.5, 0.6) is 0 Å². The summed E-state index contributed by atoms with van der Waals surface area (Å²) in [5.74, 6) is 0.0727. The van der Waals surface area contributed by atoms with Crippen molar-refractivity contribution in [3.05, 3.63) is 82.7 Å². The van der Waals surface area contributed by atoms with E-state index in [2.05, 4.69) is 51.3 Å². The van der Waals surface area contributed by atoms with Gasteiger partial charge in [0.15, 0.2) is 0 Å². The number of halogens is 3. The van der Waals surface area contributed by atoms with Crippen molar-refractivity contribution in [2.45, 2.75) is 38.8 Å². The summed E-state index contributed by atoms with van der Waals surface area (Å²) >= 11 is 0. The maximum atomic E-state index is 13.0. The maximum Gasteiger partial charge on any atom is 0.416 e. The highest BCUT2D eigenvalue weighted by molar-refractivity contribution is 7.89. The van der Waals surface area contributed by atoms with Crippen LogP contribution in [0.4, 0.5) is 13.2 Å². The molecule has 0 spiro atoms. The van der Waals surface area contributed by atoms with Crippen LogP contribution in [0, 0.1) is 6.92 Å². The topological polar surface area (TPSA) is 74.6 Å². The average molecular weight is 549 g/mol. The lowest BCUT2D eigenvalue weighted by Crippen LogP contribution is -2.51. The Hall–Kier alpha value is -2.80. The minimum atomic E-state index is -4.42. The number of hydrogen-bond donors (Lipinski definition) is 0. The molecule has 1 aromatic heterocycles. The predicted molar refractivity (Wildman–Crippen MR) is 137 cm³/mol. The number of piperazine rings is 1. The van der Waals surface area contributed by atoms with Crippen LogP contribution in [0.15, 0.2) is 54.7 Å². The fraction of sp³-hybridized carbons (Fsp3) is 0.462. The Labute approximate surface area is 220 Å².